The first kappa shape index (κ1) is 15.8. The molecule has 0 radical (unpaired) electrons. The minimum Gasteiger partial charge on any atom is -0.469 e. The van der Waals surface area contributed by atoms with Gasteiger partial charge in [-0.05, 0) is 0 Å². The number of carbonyl (C=O) groups is 1. The highest BCUT2D eigenvalue weighted by Gasteiger charge is 2.34. The summed E-state index contributed by atoms with van der Waals surface area (Å²) in [7, 11) is -0.584. The molecular weight excluding hydrogens is 274 g/mol. The fraction of sp³-hybridized carbons (Fsp3) is 0.462. The highest BCUT2D eigenvalue weighted by Crippen LogP contribution is 2.28. The van der Waals surface area contributed by atoms with E-state index < -0.39 is 34.4 Å². The zero-order chi connectivity index (χ0) is 14.5. The second kappa shape index (κ2) is 6.75. The molecule has 0 saturated carbocycles. The van der Waals surface area contributed by atoms with E-state index in [4.69, 9.17) is 0 Å². The number of carbonyl (C=O) groups excluding carboxylic acids is 1. The van der Waals surface area contributed by atoms with Gasteiger partial charge in [0, 0.05) is 22.1 Å². The molecule has 0 bridgehead atoms. The Labute approximate surface area is 113 Å². The van der Waals surface area contributed by atoms with Gasteiger partial charge in [0.25, 0.3) is 5.92 Å². The van der Waals surface area contributed by atoms with Crippen LogP contribution in [0.25, 0.3) is 0 Å². The lowest BCUT2D eigenvalue weighted by Crippen LogP contribution is -2.27. The van der Waals surface area contributed by atoms with Crippen molar-refractivity contribution in [3.8, 4) is 0 Å². The summed E-state index contributed by atoms with van der Waals surface area (Å²) in [6, 6.07) is 7.23. The molecule has 0 aliphatic carbocycles. The largest absolute Gasteiger partial charge is 0.469 e. The summed E-state index contributed by atoms with van der Waals surface area (Å²) in [4.78, 5) is 11.1. The Hall–Kier alpha value is -1.30. The Kier molecular flexibility index (Phi) is 5.60. The molecule has 106 valence electrons. The van der Waals surface area contributed by atoms with Gasteiger partial charge >= 0.3 is 5.97 Å². The molecule has 0 aromatic heterocycles. The lowest BCUT2D eigenvalue weighted by Gasteiger charge is -2.17. The number of rotatable bonds is 6. The molecule has 0 N–H and O–H groups in total. The SMILES string of the molecule is COC(=O)C(C)CS(=O)CC(F)(F)c1ccccc1. The Morgan fingerprint density at radius 1 is 1.37 bits per heavy atom. The molecule has 1 aromatic carbocycles. The fourth-order valence-corrected chi connectivity index (χ4v) is 2.96. The van der Waals surface area contributed by atoms with Crippen molar-refractivity contribution in [2.75, 3.05) is 18.6 Å². The van der Waals surface area contributed by atoms with E-state index >= 15 is 0 Å². The normalized spacial score (nSPS) is 14.7. The van der Waals surface area contributed by atoms with Crippen molar-refractivity contribution in [2.24, 2.45) is 5.92 Å². The van der Waals surface area contributed by atoms with Gasteiger partial charge in [-0.3, -0.25) is 9.00 Å². The minimum atomic E-state index is -3.16. The summed E-state index contributed by atoms with van der Waals surface area (Å²) in [5.41, 5.74) is -0.172. The maximum atomic E-state index is 13.8. The van der Waals surface area contributed by atoms with Crippen molar-refractivity contribution >= 4 is 16.8 Å². The average Bonchev–Trinajstić information content (AvgIpc) is 2.38. The molecule has 0 aliphatic heterocycles. The molecular formula is C13H16F2O3S. The Bertz CT molecular complexity index is 448. The Balaban J connectivity index is 2.64. The van der Waals surface area contributed by atoms with E-state index in [1.807, 2.05) is 0 Å². The van der Waals surface area contributed by atoms with Crippen LogP contribution in [-0.2, 0) is 26.3 Å². The number of alkyl halides is 2. The van der Waals surface area contributed by atoms with Crippen molar-refractivity contribution in [3.63, 3.8) is 0 Å². The third kappa shape index (κ3) is 4.70. The first-order valence-electron chi connectivity index (χ1n) is 5.73. The molecule has 1 aromatic rings. The summed E-state index contributed by atoms with van der Waals surface area (Å²) >= 11 is 0. The molecule has 2 unspecified atom stereocenters. The van der Waals surface area contributed by atoms with E-state index in [1.165, 1.54) is 38.3 Å². The number of halogens is 2. The van der Waals surface area contributed by atoms with Crippen LogP contribution in [0, 0.1) is 5.92 Å². The van der Waals surface area contributed by atoms with Gasteiger partial charge in [0.15, 0.2) is 0 Å². The lowest BCUT2D eigenvalue weighted by atomic mass is 10.1. The molecule has 0 saturated heterocycles. The van der Waals surface area contributed by atoms with Crippen LogP contribution in [0.5, 0.6) is 0 Å². The summed E-state index contributed by atoms with van der Waals surface area (Å²) in [6.07, 6.45) is 0. The first-order chi connectivity index (χ1) is 8.86. The van der Waals surface area contributed by atoms with E-state index in [0.717, 1.165) is 0 Å². The standard InChI is InChI=1S/C13H16F2O3S/c1-10(12(16)18-2)8-19(17)9-13(14,15)11-6-4-3-5-7-11/h3-7,10H,8-9H2,1-2H3. The van der Waals surface area contributed by atoms with Crippen LogP contribution in [0.4, 0.5) is 8.78 Å². The molecule has 6 heteroatoms. The quantitative estimate of drug-likeness (QED) is 0.755. The van der Waals surface area contributed by atoms with Gasteiger partial charge in [-0.1, -0.05) is 37.3 Å². The molecule has 3 nitrogen and oxygen atoms in total. The molecule has 1 rings (SSSR count). The summed E-state index contributed by atoms with van der Waals surface area (Å²) in [5, 5.41) is 0. The Morgan fingerprint density at radius 3 is 2.47 bits per heavy atom. The van der Waals surface area contributed by atoms with Gasteiger partial charge in [0.2, 0.25) is 0 Å². The molecule has 0 fully saturated rings. The molecule has 0 spiro atoms. The van der Waals surface area contributed by atoms with Crippen LogP contribution < -0.4 is 0 Å². The third-order valence-corrected chi connectivity index (χ3v) is 4.13. The summed E-state index contributed by atoms with van der Waals surface area (Å²) in [5.74, 6) is -5.29. The van der Waals surface area contributed by atoms with Gasteiger partial charge in [-0.25, -0.2) is 8.78 Å². The van der Waals surface area contributed by atoms with Gasteiger partial charge in [-0.15, -0.1) is 0 Å². The van der Waals surface area contributed by atoms with Crippen LogP contribution in [0.3, 0.4) is 0 Å². The molecule has 2 atom stereocenters. The van der Waals surface area contributed by atoms with E-state index in [1.54, 1.807) is 6.07 Å². The van der Waals surface area contributed by atoms with E-state index in [0.29, 0.717) is 0 Å². The summed E-state index contributed by atoms with van der Waals surface area (Å²) < 4.78 is 43.8. The van der Waals surface area contributed by atoms with Gasteiger partial charge in [0.1, 0.15) is 0 Å². The number of hydrogen-bond acceptors (Lipinski definition) is 3. The van der Waals surface area contributed by atoms with Crippen LogP contribution >= 0.6 is 0 Å². The van der Waals surface area contributed by atoms with Gasteiger partial charge < -0.3 is 4.74 Å². The van der Waals surface area contributed by atoms with Crippen molar-refractivity contribution in [2.45, 2.75) is 12.8 Å². The van der Waals surface area contributed by atoms with Crippen molar-refractivity contribution in [3.05, 3.63) is 35.9 Å². The molecule has 19 heavy (non-hydrogen) atoms. The predicted molar refractivity (Wildman–Crippen MR) is 69.4 cm³/mol. The second-order valence-electron chi connectivity index (χ2n) is 4.25. The van der Waals surface area contributed by atoms with Crippen LogP contribution in [0.15, 0.2) is 30.3 Å². The maximum absolute atomic E-state index is 13.8. The highest BCUT2D eigenvalue weighted by atomic mass is 32.2. The molecule has 0 aliphatic rings. The fourth-order valence-electron chi connectivity index (χ4n) is 1.57. The lowest BCUT2D eigenvalue weighted by molar-refractivity contribution is -0.144. The zero-order valence-corrected chi connectivity index (χ0v) is 11.6. The van der Waals surface area contributed by atoms with E-state index in [2.05, 4.69) is 4.74 Å². The van der Waals surface area contributed by atoms with Crippen LogP contribution in [0.1, 0.15) is 12.5 Å². The van der Waals surface area contributed by atoms with Crippen molar-refractivity contribution in [1.29, 1.82) is 0 Å². The average molecular weight is 290 g/mol. The smallest absolute Gasteiger partial charge is 0.309 e. The zero-order valence-electron chi connectivity index (χ0n) is 10.8. The summed E-state index contributed by atoms with van der Waals surface area (Å²) in [6.45, 7) is 1.50. The van der Waals surface area contributed by atoms with Gasteiger partial charge in [-0.2, -0.15) is 0 Å². The highest BCUT2D eigenvalue weighted by molar-refractivity contribution is 7.85. The number of ether oxygens (including phenoxy) is 1. The van der Waals surface area contributed by atoms with Crippen LogP contribution in [-0.4, -0.2) is 28.8 Å². The Morgan fingerprint density at radius 2 is 1.95 bits per heavy atom. The maximum Gasteiger partial charge on any atom is 0.309 e. The monoisotopic (exact) mass is 290 g/mol. The van der Waals surface area contributed by atoms with E-state index in [-0.39, 0.29) is 11.3 Å². The molecule has 0 amide bonds. The number of methoxy groups -OCH3 is 1. The number of esters is 1. The second-order valence-corrected chi connectivity index (χ2v) is 5.75. The first-order valence-corrected chi connectivity index (χ1v) is 7.22. The predicted octanol–water partition coefficient (Wildman–Crippen LogP) is 2.34. The number of benzene rings is 1. The van der Waals surface area contributed by atoms with Crippen LogP contribution in [0.2, 0.25) is 0 Å². The van der Waals surface area contributed by atoms with Crippen molar-refractivity contribution in [1.82, 2.24) is 0 Å². The van der Waals surface area contributed by atoms with Crippen molar-refractivity contribution < 1.29 is 22.5 Å². The third-order valence-electron chi connectivity index (χ3n) is 2.58. The van der Waals surface area contributed by atoms with Gasteiger partial charge in [0.05, 0.1) is 18.8 Å². The molecule has 0 heterocycles. The number of hydrogen-bond donors (Lipinski definition) is 0. The topological polar surface area (TPSA) is 43.4 Å². The minimum absolute atomic E-state index is 0.130. The van der Waals surface area contributed by atoms with E-state index in [9.17, 15) is 17.8 Å².